The summed E-state index contributed by atoms with van der Waals surface area (Å²) in [4.78, 5) is 0.238. The molecule has 1 aromatic rings. The van der Waals surface area contributed by atoms with Gasteiger partial charge in [-0.25, -0.2) is 13.1 Å². The number of methoxy groups -OCH3 is 1. The zero-order valence-corrected chi connectivity index (χ0v) is 12.4. The SMILES string of the molecule is COc1ccc(CNC2CC2)cc1S(=O)(=O)NC1CC1. The Balaban J connectivity index is 1.82. The standard InChI is InChI=1S/C14H20N2O3S/c1-19-13-7-2-10(9-15-11-3-4-11)8-14(13)20(17,18)16-12-5-6-12/h2,7-8,11-12,15-16H,3-6,9H2,1H3. The third kappa shape index (κ3) is 3.31. The van der Waals surface area contributed by atoms with Crippen molar-refractivity contribution in [1.29, 1.82) is 0 Å². The van der Waals surface area contributed by atoms with Crippen molar-refractivity contribution in [3.05, 3.63) is 23.8 Å². The van der Waals surface area contributed by atoms with Crippen LogP contribution in [0.4, 0.5) is 0 Å². The predicted molar refractivity (Wildman–Crippen MR) is 76.2 cm³/mol. The van der Waals surface area contributed by atoms with Crippen LogP contribution < -0.4 is 14.8 Å². The van der Waals surface area contributed by atoms with Crippen LogP contribution >= 0.6 is 0 Å². The van der Waals surface area contributed by atoms with Crippen molar-refractivity contribution in [2.75, 3.05) is 7.11 Å². The molecule has 2 N–H and O–H groups in total. The first-order valence-corrected chi connectivity index (χ1v) is 8.49. The molecule has 0 aromatic heterocycles. The van der Waals surface area contributed by atoms with Crippen molar-refractivity contribution in [2.45, 2.75) is 49.2 Å². The van der Waals surface area contributed by atoms with Crippen LogP contribution in [-0.2, 0) is 16.6 Å². The monoisotopic (exact) mass is 296 g/mol. The number of rotatable bonds is 7. The van der Waals surface area contributed by atoms with Gasteiger partial charge in [0.05, 0.1) is 7.11 Å². The smallest absolute Gasteiger partial charge is 0.244 e. The molecule has 0 radical (unpaired) electrons. The maximum Gasteiger partial charge on any atom is 0.244 e. The van der Waals surface area contributed by atoms with Crippen LogP contribution in [0.1, 0.15) is 31.2 Å². The molecule has 1 aromatic carbocycles. The summed E-state index contributed by atoms with van der Waals surface area (Å²) in [5.74, 6) is 0.397. The van der Waals surface area contributed by atoms with E-state index < -0.39 is 10.0 Å². The highest BCUT2D eigenvalue weighted by atomic mass is 32.2. The third-order valence-electron chi connectivity index (χ3n) is 3.59. The summed E-state index contributed by atoms with van der Waals surface area (Å²) in [5, 5.41) is 3.39. The minimum Gasteiger partial charge on any atom is -0.495 e. The van der Waals surface area contributed by atoms with Crippen LogP contribution in [0, 0.1) is 0 Å². The fourth-order valence-electron chi connectivity index (χ4n) is 2.07. The Kier molecular flexibility index (Phi) is 3.70. The van der Waals surface area contributed by atoms with E-state index in [9.17, 15) is 8.42 Å². The fraction of sp³-hybridized carbons (Fsp3) is 0.571. The normalized spacial score (nSPS) is 19.1. The third-order valence-corrected chi connectivity index (χ3v) is 5.13. The lowest BCUT2D eigenvalue weighted by atomic mass is 10.2. The summed E-state index contributed by atoms with van der Waals surface area (Å²) < 4.78 is 32.6. The average Bonchev–Trinajstić information content (AvgIpc) is 3.30. The molecule has 6 heteroatoms. The first kappa shape index (κ1) is 13.9. The lowest BCUT2D eigenvalue weighted by molar-refractivity contribution is 0.402. The Morgan fingerprint density at radius 1 is 1.20 bits per heavy atom. The second kappa shape index (κ2) is 5.35. The van der Waals surface area contributed by atoms with E-state index >= 15 is 0 Å². The van der Waals surface area contributed by atoms with E-state index in [4.69, 9.17) is 4.74 Å². The van der Waals surface area contributed by atoms with Gasteiger partial charge in [-0.05, 0) is 43.4 Å². The molecule has 0 amide bonds. The van der Waals surface area contributed by atoms with Gasteiger partial charge in [-0.15, -0.1) is 0 Å². The highest BCUT2D eigenvalue weighted by Crippen LogP contribution is 2.28. The minimum atomic E-state index is -3.49. The van der Waals surface area contributed by atoms with Crippen LogP contribution in [0.2, 0.25) is 0 Å². The molecule has 0 heterocycles. The van der Waals surface area contributed by atoms with Gasteiger partial charge in [-0.3, -0.25) is 0 Å². The summed E-state index contributed by atoms with van der Waals surface area (Å²) in [6.07, 6.45) is 4.27. The molecular formula is C14H20N2O3S. The number of nitrogens with one attached hydrogen (secondary N) is 2. The topological polar surface area (TPSA) is 67.4 Å². The molecule has 0 aliphatic heterocycles. The highest BCUT2D eigenvalue weighted by molar-refractivity contribution is 7.89. The van der Waals surface area contributed by atoms with Crippen LogP contribution in [0.25, 0.3) is 0 Å². The average molecular weight is 296 g/mol. The summed E-state index contributed by atoms with van der Waals surface area (Å²) in [6, 6.07) is 6.04. The number of benzene rings is 1. The van der Waals surface area contributed by atoms with Gasteiger partial charge >= 0.3 is 0 Å². The van der Waals surface area contributed by atoms with Crippen molar-refractivity contribution in [3.8, 4) is 5.75 Å². The molecule has 2 saturated carbocycles. The maximum atomic E-state index is 12.4. The van der Waals surface area contributed by atoms with Crippen molar-refractivity contribution in [3.63, 3.8) is 0 Å². The Hall–Kier alpha value is -1.11. The van der Waals surface area contributed by atoms with Crippen molar-refractivity contribution < 1.29 is 13.2 Å². The summed E-state index contributed by atoms with van der Waals surface area (Å²) in [7, 11) is -1.99. The number of sulfonamides is 1. The van der Waals surface area contributed by atoms with E-state index in [2.05, 4.69) is 10.0 Å². The van der Waals surface area contributed by atoms with E-state index in [1.807, 2.05) is 6.07 Å². The molecule has 3 rings (SSSR count). The highest BCUT2D eigenvalue weighted by Gasteiger charge is 2.30. The van der Waals surface area contributed by atoms with E-state index in [1.165, 1.54) is 20.0 Å². The first-order valence-electron chi connectivity index (χ1n) is 7.01. The minimum absolute atomic E-state index is 0.0953. The van der Waals surface area contributed by atoms with Crippen molar-refractivity contribution >= 4 is 10.0 Å². The molecule has 0 spiro atoms. The molecular weight excluding hydrogens is 276 g/mol. The summed E-state index contributed by atoms with van der Waals surface area (Å²) in [6.45, 7) is 0.695. The van der Waals surface area contributed by atoms with Gasteiger partial charge in [0.2, 0.25) is 10.0 Å². The molecule has 5 nitrogen and oxygen atoms in total. The van der Waals surface area contributed by atoms with Crippen LogP contribution in [-0.4, -0.2) is 27.6 Å². The number of hydrogen-bond donors (Lipinski definition) is 2. The fourth-order valence-corrected chi connectivity index (χ4v) is 3.60. The molecule has 0 saturated heterocycles. The number of ether oxygens (including phenoxy) is 1. The van der Waals surface area contributed by atoms with Crippen LogP contribution in [0.3, 0.4) is 0 Å². The van der Waals surface area contributed by atoms with Crippen molar-refractivity contribution in [1.82, 2.24) is 10.0 Å². The van der Waals surface area contributed by atoms with E-state index in [1.54, 1.807) is 12.1 Å². The van der Waals surface area contributed by atoms with Crippen LogP contribution in [0.15, 0.2) is 23.1 Å². The Morgan fingerprint density at radius 2 is 1.90 bits per heavy atom. The largest absolute Gasteiger partial charge is 0.495 e. The molecule has 0 bridgehead atoms. The van der Waals surface area contributed by atoms with Gasteiger partial charge < -0.3 is 10.1 Å². The first-order chi connectivity index (χ1) is 9.58. The van der Waals surface area contributed by atoms with Crippen LogP contribution in [0.5, 0.6) is 5.75 Å². The second-order valence-electron chi connectivity index (χ2n) is 5.54. The molecule has 2 aliphatic carbocycles. The number of hydrogen-bond acceptors (Lipinski definition) is 4. The van der Waals surface area contributed by atoms with Gasteiger partial charge in [0.15, 0.2) is 0 Å². The Morgan fingerprint density at radius 3 is 2.50 bits per heavy atom. The quantitative estimate of drug-likeness (QED) is 0.798. The zero-order chi connectivity index (χ0) is 14.2. The van der Waals surface area contributed by atoms with Gasteiger partial charge in [-0.2, -0.15) is 0 Å². The summed E-state index contributed by atoms with van der Waals surface area (Å²) >= 11 is 0. The van der Waals surface area contributed by atoms with Gasteiger partial charge in [0.1, 0.15) is 10.6 Å². The lowest BCUT2D eigenvalue weighted by Gasteiger charge is -2.12. The molecule has 0 unspecified atom stereocenters. The van der Waals surface area contributed by atoms with E-state index in [0.717, 1.165) is 18.4 Å². The van der Waals surface area contributed by atoms with Gasteiger partial charge in [0, 0.05) is 18.6 Å². The molecule has 0 atom stereocenters. The van der Waals surface area contributed by atoms with E-state index in [-0.39, 0.29) is 10.9 Å². The molecule has 2 fully saturated rings. The molecule has 20 heavy (non-hydrogen) atoms. The Labute approximate surface area is 119 Å². The zero-order valence-electron chi connectivity index (χ0n) is 11.6. The summed E-state index contributed by atoms with van der Waals surface area (Å²) in [5.41, 5.74) is 0.967. The Bertz CT molecular complexity index is 592. The molecule has 110 valence electrons. The maximum absolute atomic E-state index is 12.4. The predicted octanol–water partition coefficient (Wildman–Crippen LogP) is 1.39. The molecule has 2 aliphatic rings. The van der Waals surface area contributed by atoms with Gasteiger partial charge in [0.25, 0.3) is 0 Å². The van der Waals surface area contributed by atoms with Crippen molar-refractivity contribution in [2.24, 2.45) is 0 Å². The second-order valence-corrected chi connectivity index (χ2v) is 7.22. The van der Waals surface area contributed by atoms with E-state index in [0.29, 0.717) is 18.3 Å². The lowest BCUT2D eigenvalue weighted by Crippen LogP contribution is -2.26. The van der Waals surface area contributed by atoms with Gasteiger partial charge in [-0.1, -0.05) is 6.07 Å².